The summed E-state index contributed by atoms with van der Waals surface area (Å²) in [6.45, 7) is 3.16. The van der Waals surface area contributed by atoms with Crippen molar-refractivity contribution in [3.8, 4) is 0 Å². The van der Waals surface area contributed by atoms with E-state index in [4.69, 9.17) is 8.92 Å². The Bertz CT molecular complexity index is 1800. The van der Waals surface area contributed by atoms with Gasteiger partial charge in [0.15, 0.2) is 16.8 Å². The number of nitrogens with zero attached hydrogens (tertiary/aromatic N) is 7. The number of anilines is 1. The van der Waals surface area contributed by atoms with E-state index in [0.29, 0.717) is 36.8 Å². The fourth-order valence-electron chi connectivity index (χ4n) is 5.54. The molecule has 6 rings (SSSR count). The lowest BCUT2D eigenvalue weighted by atomic mass is 10.1. The minimum absolute atomic E-state index is 0.00207. The highest BCUT2D eigenvalue weighted by molar-refractivity contribution is 7.84. The Morgan fingerprint density at radius 3 is 2.79 bits per heavy atom. The van der Waals surface area contributed by atoms with Gasteiger partial charge in [0.25, 0.3) is 5.56 Å². The van der Waals surface area contributed by atoms with Crippen molar-refractivity contribution in [3.63, 3.8) is 0 Å². The monoisotopic (exact) mass is 616 g/mol. The number of amides is 1. The molecule has 1 amide bonds. The smallest absolute Gasteiger partial charge is 0.336 e. The second-order valence-corrected chi connectivity index (χ2v) is 12.5. The number of rotatable bonds is 10. The Hall–Kier alpha value is -3.84. The van der Waals surface area contributed by atoms with Gasteiger partial charge >= 0.3 is 10.3 Å². The van der Waals surface area contributed by atoms with Crippen LogP contribution >= 0.6 is 0 Å². The molecule has 4 N–H and O–H groups in total. The third-order valence-corrected chi connectivity index (χ3v) is 8.82. The largest absolute Gasteiger partial charge is 0.396 e. The average molecular weight is 617 g/mol. The van der Waals surface area contributed by atoms with Crippen LogP contribution in [-0.4, -0.2) is 83.8 Å². The maximum absolute atomic E-state index is 12.9. The van der Waals surface area contributed by atoms with Crippen LogP contribution in [0.3, 0.4) is 0 Å². The Morgan fingerprint density at radius 1 is 1.19 bits per heavy atom. The average Bonchev–Trinajstić information content (AvgIpc) is 3.76. The SMILES string of the molecule is CC(C)C(=O)Nc1nc2c(ncn2[C@H]2CCC(CNS(=O)(=O)O[C@H]3C[C@H](n4cnc5cncnc54)C[C@@H]3CO)O2)c(=O)[nH]1. The Balaban J connectivity index is 1.08. The first-order chi connectivity index (χ1) is 20.6. The number of aliphatic hydroxyl groups is 1. The molecule has 0 radical (unpaired) electrons. The van der Waals surface area contributed by atoms with Crippen LogP contribution < -0.4 is 15.6 Å². The van der Waals surface area contributed by atoms with E-state index in [9.17, 15) is 23.1 Å². The molecule has 18 heteroatoms. The van der Waals surface area contributed by atoms with E-state index in [0.717, 1.165) is 0 Å². The van der Waals surface area contributed by atoms with Crippen LogP contribution in [0.1, 0.15) is 51.8 Å². The number of carbonyl (C=O) groups is 1. The molecule has 0 aromatic carbocycles. The van der Waals surface area contributed by atoms with Gasteiger partial charge in [0, 0.05) is 31.0 Å². The van der Waals surface area contributed by atoms with Crippen molar-refractivity contribution >= 4 is 44.5 Å². The third kappa shape index (κ3) is 6.00. The standard InChI is InChI=1S/C25H32N10O7S/c1-13(2)23(37)32-25-31-22-20(24(38)33-25)29-12-35(22)19-4-3-16(41-19)7-30-43(39,40)42-18-6-15(5-14(18)9-36)34-11-28-17-8-26-10-27-21(17)34/h8,10-16,18-19,30,36H,3-7,9H2,1-2H3,(H2,31,32,33,37,38)/t14-,15-,16?,18+,19-/m1/s1. The number of imidazole rings is 2. The fourth-order valence-corrected chi connectivity index (χ4v) is 6.56. The highest BCUT2D eigenvalue weighted by Gasteiger charge is 2.39. The molecule has 2 fully saturated rings. The molecule has 1 aliphatic heterocycles. The van der Waals surface area contributed by atoms with Gasteiger partial charge in [-0.25, -0.2) is 19.9 Å². The van der Waals surface area contributed by atoms with Gasteiger partial charge in [-0.15, -0.1) is 0 Å². The predicted molar refractivity (Wildman–Crippen MR) is 151 cm³/mol. The van der Waals surface area contributed by atoms with Gasteiger partial charge in [-0.1, -0.05) is 13.8 Å². The van der Waals surface area contributed by atoms with Gasteiger partial charge in [-0.05, 0) is 25.7 Å². The molecule has 1 unspecified atom stereocenters. The number of hydrogen-bond donors (Lipinski definition) is 4. The van der Waals surface area contributed by atoms with Crippen LogP contribution in [0, 0.1) is 11.8 Å². The van der Waals surface area contributed by atoms with Crippen LogP contribution in [0.5, 0.6) is 0 Å². The second kappa shape index (κ2) is 11.7. The predicted octanol–water partition coefficient (Wildman–Crippen LogP) is 0.395. The van der Waals surface area contributed by atoms with E-state index in [1.807, 2.05) is 4.57 Å². The number of nitrogens with one attached hydrogen (secondary N) is 3. The van der Waals surface area contributed by atoms with Gasteiger partial charge in [0.2, 0.25) is 11.9 Å². The minimum Gasteiger partial charge on any atom is -0.396 e. The van der Waals surface area contributed by atoms with Crippen molar-refractivity contribution in [1.29, 1.82) is 0 Å². The lowest BCUT2D eigenvalue weighted by Gasteiger charge is -2.19. The molecule has 230 valence electrons. The van der Waals surface area contributed by atoms with Gasteiger partial charge in [-0.3, -0.25) is 28.6 Å². The van der Waals surface area contributed by atoms with Gasteiger partial charge in [-0.2, -0.15) is 18.1 Å². The first-order valence-corrected chi connectivity index (χ1v) is 15.4. The summed E-state index contributed by atoms with van der Waals surface area (Å²) in [5.41, 5.74) is 1.08. The normalized spacial score (nSPS) is 24.4. The van der Waals surface area contributed by atoms with Gasteiger partial charge < -0.3 is 14.4 Å². The zero-order valence-electron chi connectivity index (χ0n) is 23.5. The molecule has 43 heavy (non-hydrogen) atoms. The van der Waals surface area contributed by atoms with Crippen molar-refractivity contribution in [3.05, 3.63) is 35.5 Å². The number of fused-ring (bicyclic) bond motifs is 2. The maximum atomic E-state index is 12.9. The topological polar surface area (TPSA) is 221 Å². The van der Waals surface area contributed by atoms with E-state index in [-0.39, 0.29) is 48.1 Å². The molecular weight excluding hydrogens is 584 g/mol. The summed E-state index contributed by atoms with van der Waals surface area (Å²) < 4.78 is 43.3. The summed E-state index contributed by atoms with van der Waals surface area (Å²) >= 11 is 0. The molecule has 2 aliphatic rings. The lowest BCUT2D eigenvalue weighted by molar-refractivity contribution is -0.118. The zero-order chi connectivity index (χ0) is 30.3. The van der Waals surface area contributed by atoms with Crippen molar-refractivity contribution < 1.29 is 27.2 Å². The van der Waals surface area contributed by atoms with E-state index < -0.39 is 40.2 Å². The summed E-state index contributed by atoms with van der Waals surface area (Å²) in [4.78, 5) is 48.1. The Labute approximate surface area is 245 Å². The summed E-state index contributed by atoms with van der Waals surface area (Å²) in [5, 5.41) is 12.5. The van der Waals surface area contributed by atoms with E-state index in [2.05, 4.69) is 39.9 Å². The van der Waals surface area contributed by atoms with E-state index >= 15 is 0 Å². The number of hydrogen-bond acceptors (Lipinski definition) is 12. The van der Waals surface area contributed by atoms with Crippen LogP contribution in [-0.2, 0) is 24.0 Å². The number of ether oxygens (including phenoxy) is 1. The number of carbonyl (C=O) groups excluding carboxylic acids is 1. The van der Waals surface area contributed by atoms with E-state index in [1.54, 1.807) is 30.9 Å². The molecule has 4 aromatic rings. The highest BCUT2D eigenvalue weighted by Crippen LogP contribution is 2.38. The molecule has 17 nitrogen and oxygen atoms in total. The molecule has 0 bridgehead atoms. The first kappa shape index (κ1) is 29.2. The molecule has 5 heterocycles. The molecular formula is C25H32N10O7S. The van der Waals surface area contributed by atoms with Crippen LogP contribution in [0.2, 0.25) is 0 Å². The van der Waals surface area contributed by atoms with Crippen LogP contribution in [0.4, 0.5) is 5.95 Å². The quantitative estimate of drug-likeness (QED) is 0.190. The second-order valence-electron chi connectivity index (χ2n) is 11.1. The summed E-state index contributed by atoms with van der Waals surface area (Å²) in [5.74, 6) is -1.01. The highest BCUT2D eigenvalue weighted by atomic mass is 32.2. The van der Waals surface area contributed by atoms with Crippen LogP contribution in [0.15, 0.2) is 30.0 Å². The van der Waals surface area contributed by atoms with Crippen molar-refractivity contribution in [2.24, 2.45) is 11.8 Å². The minimum atomic E-state index is -4.17. The maximum Gasteiger partial charge on any atom is 0.336 e. The number of aliphatic hydroxyl groups excluding tert-OH is 1. The fraction of sp³-hybridized carbons (Fsp3) is 0.560. The third-order valence-electron chi connectivity index (χ3n) is 7.80. The number of H-pyrrole nitrogens is 1. The summed E-state index contributed by atoms with van der Waals surface area (Å²) in [7, 11) is -4.17. The number of aromatic amines is 1. The molecule has 1 aliphatic carbocycles. The summed E-state index contributed by atoms with van der Waals surface area (Å²) in [6.07, 6.45) is 6.21. The Kier molecular flexibility index (Phi) is 7.94. The molecule has 1 saturated carbocycles. The van der Waals surface area contributed by atoms with Gasteiger partial charge in [0.1, 0.15) is 18.1 Å². The van der Waals surface area contributed by atoms with Crippen molar-refractivity contribution in [2.45, 2.75) is 64.0 Å². The zero-order valence-corrected chi connectivity index (χ0v) is 24.3. The Morgan fingerprint density at radius 2 is 2.00 bits per heavy atom. The van der Waals surface area contributed by atoms with Gasteiger partial charge in [0.05, 0.1) is 31.1 Å². The summed E-state index contributed by atoms with van der Waals surface area (Å²) in [6, 6.07) is -0.152. The molecule has 0 spiro atoms. The van der Waals surface area contributed by atoms with Crippen molar-refractivity contribution in [2.75, 3.05) is 18.5 Å². The van der Waals surface area contributed by atoms with Crippen molar-refractivity contribution in [1.82, 2.24) is 43.8 Å². The van der Waals surface area contributed by atoms with E-state index in [1.165, 1.54) is 12.7 Å². The molecule has 5 atom stereocenters. The first-order valence-electron chi connectivity index (χ1n) is 14.0. The van der Waals surface area contributed by atoms with Crippen LogP contribution in [0.25, 0.3) is 22.3 Å². The molecule has 4 aromatic heterocycles. The lowest BCUT2D eigenvalue weighted by Crippen LogP contribution is -2.37. The molecule has 1 saturated heterocycles. The number of aromatic nitrogens is 8.